The maximum atomic E-state index is 13.4. The molecule has 0 spiro atoms. The van der Waals surface area contributed by atoms with Gasteiger partial charge in [0, 0.05) is 36.8 Å². The van der Waals surface area contributed by atoms with Gasteiger partial charge in [0.15, 0.2) is 0 Å². The van der Waals surface area contributed by atoms with E-state index >= 15 is 0 Å². The van der Waals surface area contributed by atoms with E-state index in [9.17, 15) is 19.8 Å². The Hall–Kier alpha value is -3.41. The third kappa shape index (κ3) is 5.93. The Morgan fingerprint density at radius 2 is 2.03 bits per heavy atom. The van der Waals surface area contributed by atoms with Crippen molar-refractivity contribution in [2.45, 2.75) is 39.0 Å². The number of pyridine rings is 1. The van der Waals surface area contributed by atoms with E-state index in [0.717, 1.165) is 0 Å². The molecule has 1 aliphatic heterocycles. The molecule has 2 aromatic rings. The van der Waals surface area contributed by atoms with Crippen molar-refractivity contribution >= 4 is 11.8 Å². The SMILES string of the molecule is C[C@H](O)C#Cc1cnc2c(c1)C(=O)N([C@@H](C)CO)C[C@@H](C)[C@@H](CN(C)C(=O)c1ccccc1)O2. The third-order valence-electron chi connectivity index (χ3n) is 5.77. The number of nitrogens with zero attached hydrogens (tertiary/aromatic N) is 3. The number of ether oxygens (including phenoxy) is 1. The number of aromatic nitrogens is 1. The molecule has 180 valence electrons. The van der Waals surface area contributed by atoms with E-state index in [2.05, 4.69) is 16.8 Å². The van der Waals surface area contributed by atoms with Gasteiger partial charge < -0.3 is 24.7 Å². The van der Waals surface area contributed by atoms with Crippen molar-refractivity contribution in [2.75, 3.05) is 26.7 Å². The lowest BCUT2D eigenvalue weighted by Gasteiger charge is -2.37. The lowest BCUT2D eigenvalue weighted by molar-refractivity contribution is 0.0313. The number of likely N-dealkylation sites (N-methyl/N-ethyl adjacent to an activating group) is 1. The average molecular weight is 466 g/mol. The first-order valence-corrected chi connectivity index (χ1v) is 11.3. The van der Waals surface area contributed by atoms with Gasteiger partial charge in [-0.05, 0) is 32.0 Å². The van der Waals surface area contributed by atoms with Crippen LogP contribution in [-0.2, 0) is 0 Å². The number of carbonyl (C=O) groups is 2. The minimum Gasteiger partial charge on any atom is -0.472 e. The van der Waals surface area contributed by atoms with Crippen molar-refractivity contribution in [3.63, 3.8) is 0 Å². The Morgan fingerprint density at radius 3 is 2.68 bits per heavy atom. The number of rotatable bonds is 5. The Bertz CT molecular complexity index is 1080. The summed E-state index contributed by atoms with van der Waals surface area (Å²) in [6.45, 7) is 5.70. The average Bonchev–Trinajstić information content (AvgIpc) is 2.84. The zero-order chi connectivity index (χ0) is 24.8. The first-order valence-electron chi connectivity index (χ1n) is 11.3. The summed E-state index contributed by atoms with van der Waals surface area (Å²) >= 11 is 0. The number of benzene rings is 1. The van der Waals surface area contributed by atoms with Gasteiger partial charge in [0.2, 0.25) is 5.88 Å². The number of carbonyl (C=O) groups excluding carboxylic acids is 2. The highest BCUT2D eigenvalue weighted by atomic mass is 16.5. The molecule has 2 heterocycles. The maximum Gasteiger partial charge on any atom is 0.259 e. The zero-order valence-corrected chi connectivity index (χ0v) is 19.9. The van der Waals surface area contributed by atoms with Crippen molar-refractivity contribution < 1.29 is 24.5 Å². The second-order valence-corrected chi connectivity index (χ2v) is 8.70. The predicted octanol–water partition coefficient (Wildman–Crippen LogP) is 1.81. The smallest absolute Gasteiger partial charge is 0.259 e. The fourth-order valence-electron chi connectivity index (χ4n) is 3.73. The molecule has 1 aromatic carbocycles. The van der Waals surface area contributed by atoms with Crippen molar-refractivity contribution in [1.29, 1.82) is 0 Å². The van der Waals surface area contributed by atoms with E-state index in [1.165, 1.54) is 6.20 Å². The maximum absolute atomic E-state index is 13.4. The molecule has 8 nitrogen and oxygen atoms in total. The van der Waals surface area contributed by atoms with Crippen LogP contribution in [0.15, 0.2) is 42.6 Å². The molecule has 4 atom stereocenters. The van der Waals surface area contributed by atoms with Gasteiger partial charge in [-0.25, -0.2) is 4.98 Å². The van der Waals surface area contributed by atoms with Crippen LogP contribution in [0.5, 0.6) is 5.88 Å². The minimum atomic E-state index is -0.817. The molecule has 8 heteroatoms. The predicted molar refractivity (Wildman–Crippen MR) is 127 cm³/mol. The standard InChI is InChI=1S/C26H31N3O5/c1-17-14-29(18(2)16-30)26(33)22-12-20(11-10-19(3)31)13-27-24(22)34-23(17)15-28(4)25(32)21-8-6-5-7-9-21/h5-9,12-13,17-19,23,30-31H,14-16H2,1-4H3/t17-,18+,19+,23-/m1/s1. The summed E-state index contributed by atoms with van der Waals surface area (Å²) in [6.07, 6.45) is 0.228. The largest absolute Gasteiger partial charge is 0.472 e. The Kier molecular flexibility index (Phi) is 8.26. The summed E-state index contributed by atoms with van der Waals surface area (Å²) in [4.78, 5) is 33.8. The van der Waals surface area contributed by atoms with Gasteiger partial charge in [0.1, 0.15) is 17.8 Å². The van der Waals surface area contributed by atoms with E-state index < -0.39 is 18.2 Å². The molecule has 0 aliphatic carbocycles. The van der Waals surface area contributed by atoms with Crippen LogP contribution >= 0.6 is 0 Å². The Labute approximate surface area is 200 Å². The van der Waals surface area contributed by atoms with Gasteiger partial charge in [-0.2, -0.15) is 0 Å². The van der Waals surface area contributed by atoms with Crippen molar-refractivity contribution in [2.24, 2.45) is 5.92 Å². The number of hydrogen-bond donors (Lipinski definition) is 2. The first kappa shape index (κ1) is 25.2. The van der Waals surface area contributed by atoms with E-state index in [0.29, 0.717) is 17.7 Å². The van der Waals surface area contributed by atoms with Crippen LogP contribution in [0.1, 0.15) is 47.1 Å². The van der Waals surface area contributed by atoms with Gasteiger partial charge in [0.05, 0.1) is 19.2 Å². The highest BCUT2D eigenvalue weighted by Gasteiger charge is 2.34. The lowest BCUT2D eigenvalue weighted by atomic mass is 9.99. The van der Waals surface area contributed by atoms with Gasteiger partial charge in [-0.15, -0.1) is 0 Å². The molecule has 1 aliphatic rings. The molecular formula is C26H31N3O5. The van der Waals surface area contributed by atoms with Crippen LogP contribution in [0.25, 0.3) is 0 Å². The number of aliphatic hydroxyl groups excluding tert-OH is 2. The van der Waals surface area contributed by atoms with Gasteiger partial charge in [0.25, 0.3) is 11.8 Å². The fraction of sp³-hybridized carbons (Fsp3) is 0.423. The highest BCUT2D eigenvalue weighted by Crippen LogP contribution is 2.27. The van der Waals surface area contributed by atoms with E-state index in [-0.39, 0.29) is 42.3 Å². The van der Waals surface area contributed by atoms with Gasteiger partial charge in [-0.1, -0.05) is 37.0 Å². The van der Waals surface area contributed by atoms with Gasteiger partial charge >= 0.3 is 0 Å². The summed E-state index contributed by atoms with van der Waals surface area (Å²) in [5.41, 5.74) is 1.27. The molecule has 0 saturated carbocycles. The summed E-state index contributed by atoms with van der Waals surface area (Å²) in [7, 11) is 1.71. The number of amides is 2. The highest BCUT2D eigenvalue weighted by molar-refractivity contribution is 5.97. The van der Waals surface area contributed by atoms with Crippen LogP contribution in [-0.4, -0.2) is 81.8 Å². The number of fused-ring (bicyclic) bond motifs is 1. The molecule has 2 amide bonds. The molecule has 0 radical (unpaired) electrons. The van der Waals surface area contributed by atoms with E-state index in [1.807, 2.05) is 25.1 Å². The van der Waals surface area contributed by atoms with E-state index in [4.69, 9.17) is 4.74 Å². The Morgan fingerprint density at radius 1 is 1.32 bits per heavy atom. The normalized spacial score (nSPS) is 19.5. The fourth-order valence-corrected chi connectivity index (χ4v) is 3.73. The summed E-state index contributed by atoms with van der Waals surface area (Å²) in [6, 6.07) is 10.2. The molecule has 3 rings (SSSR count). The molecule has 1 aromatic heterocycles. The summed E-state index contributed by atoms with van der Waals surface area (Å²) in [5.74, 6) is 5.00. The topological polar surface area (TPSA) is 103 Å². The summed E-state index contributed by atoms with van der Waals surface area (Å²) in [5, 5.41) is 19.2. The zero-order valence-electron chi connectivity index (χ0n) is 19.9. The van der Waals surface area contributed by atoms with Crippen LogP contribution < -0.4 is 4.74 Å². The van der Waals surface area contributed by atoms with Crippen molar-refractivity contribution in [3.8, 4) is 17.7 Å². The second kappa shape index (κ2) is 11.1. The molecule has 0 fully saturated rings. The van der Waals surface area contributed by atoms with E-state index in [1.54, 1.807) is 48.9 Å². The summed E-state index contributed by atoms with van der Waals surface area (Å²) < 4.78 is 6.21. The Balaban J connectivity index is 1.95. The van der Waals surface area contributed by atoms with Crippen LogP contribution in [0.3, 0.4) is 0 Å². The molecule has 34 heavy (non-hydrogen) atoms. The van der Waals surface area contributed by atoms with Crippen molar-refractivity contribution in [3.05, 3.63) is 59.3 Å². The number of aliphatic hydroxyl groups is 2. The molecule has 0 saturated heterocycles. The monoisotopic (exact) mass is 465 g/mol. The molecule has 2 N–H and O–H groups in total. The third-order valence-corrected chi connectivity index (χ3v) is 5.77. The van der Waals surface area contributed by atoms with Crippen LogP contribution in [0, 0.1) is 17.8 Å². The lowest BCUT2D eigenvalue weighted by Crippen LogP contribution is -2.50. The second-order valence-electron chi connectivity index (χ2n) is 8.70. The van der Waals surface area contributed by atoms with Crippen molar-refractivity contribution in [1.82, 2.24) is 14.8 Å². The quantitative estimate of drug-likeness (QED) is 0.653. The van der Waals surface area contributed by atoms with Gasteiger partial charge in [-0.3, -0.25) is 9.59 Å². The van der Waals surface area contributed by atoms with Crippen LogP contribution in [0.2, 0.25) is 0 Å². The molecule has 0 unspecified atom stereocenters. The van der Waals surface area contributed by atoms with Crippen LogP contribution in [0.4, 0.5) is 0 Å². The molecular weight excluding hydrogens is 434 g/mol. The number of hydrogen-bond acceptors (Lipinski definition) is 6. The minimum absolute atomic E-state index is 0.132. The molecule has 0 bridgehead atoms. The first-order chi connectivity index (χ1) is 16.2.